The number of rotatable bonds is 7. The first-order valence-electron chi connectivity index (χ1n) is 4.97. The van der Waals surface area contributed by atoms with Gasteiger partial charge in [0.1, 0.15) is 6.10 Å². The molecule has 1 aliphatic heterocycles. The first kappa shape index (κ1) is 11.3. The van der Waals surface area contributed by atoms with Gasteiger partial charge in [-0.15, -0.1) is 0 Å². The Morgan fingerprint density at radius 1 is 1.43 bits per heavy atom. The first-order valence-corrected chi connectivity index (χ1v) is 4.97. The van der Waals surface area contributed by atoms with Gasteiger partial charge in [-0.05, 0) is 13.8 Å². The van der Waals surface area contributed by atoms with Crippen LogP contribution in [0.4, 0.5) is 0 Å². The van der Waals surface area contributed by atoms with Crippen molar-refractivity contribution in [2.24, 2.45) is 0 Å². The molecule has 1 rings (SSSR count). The van der Waals surface area contributed by atoms with Gasteiger partial charge in [0.25, 0.3) is 0 Å². The van der Waals surface area contributed by atoms with Crippen LogP contribution in [0.25, 0.3) is 0 Å². The van der Waals surface area contributed by atoms with Gasteiger partial charge in [-0.3, -0.25) is 0 Å². The smallest absolute Gasteiger partial charge is 0.202 e. The van der Waals surface area contributed by atoms with Crippen molar-refractivity contribution in [3.63, 3.8) is 0 Å². The van der Waals surface area contributed by atoms with Crippen LogP contribution in [0.5, 0.6) is 0 Å². The molecule has 1 aliphatic rings. The molecule has 0 amide bonds. The summed E-state index contributed by atoms with van der Waals surface area (Å²) in [5.41, 5.74) is 0. The Morgan fingerprint density at radius 2 is 2.21 bits per heavy atom. The fourth-order valence-electron chi connectivity index (χ4n) is 0.955. The lowest BCUT2D eigenvalue weighted by atomic mass is 10.3. The van der Waals surface area contributed by atoms with Crippen molar-refractivity contribution >= 4 is 0 Å². The van der Waals surface area contributed by atoms with Gasteiger partial charge in [0, 0.05) is 6.42 Å². The molecule has 0 radical (unpaired) electrons. The minimum atomic E-state index is -0.188. The van der Waals surface area contributed by atoms with Crippen LogP contribution in [0, 0.1) is 0 Å². The molecule has 3 nitrogen and oxygen atoms in total. The van der Waals surface area contributed by atoms with E-state index in [2.05, 4.69) is 0 Å². The standard InChI is InChI=1S/C11H18O3/c1-3-5-6-11(12-7-4-2)14-9-10-8-13-10/h3-5,7,10-11H,6,8-9H2,1-2H3/b5-3+,7-4+. The second kappa shape index (κ2) is 6.62. The summed E-state index contributed by atoms with van der Waals surface area (Å²) in [5, 5.41) is 0. The van der Waals surface area contributed by atoms with Crippen molar-refractivity contribution in [3.05, 3.63) is 24.5 Å². The van der Waals surface area contributed by atoms with Crippen LogP contribution in [0.3, 0.4) is 0 Å². The Balaban J connectivity index is 2.18. The van der Waals surface area contributed by atoms with Crippen LogP contribution < -0.4 is 0 Å². The number of ether oxygens (including phenoxy) is 3. The summed E-state index contributed by atoms with van der Waals surface area (Å²) in [6.45, 7) is 5.34. The number of allylic oxidation sites excluding steroid dienone is 2. The summed E-state index contributed by atoms with van der Waals surface area (Å²) in [6, 6.07) is 0. The topological polar surface area (TPSA) is 31.0 Å². The van der Waals surface area contributed by atoms with Crippen LogP contribution in [-0.4, -0.2) is 25.6 Å². The van der Waals surface area contributed by atoms with E-state index >= 15 is 0 Å². The van der Waals surface area contributed by atoms with E-state index < -0.39 is 0 Å². The minimum Gasteiger partial charge on any atom is -0.473 e. The maximum absolute atomic E-state index is 5.52. The van der Waals surface area contributed by atoms with E-state index in [4.69, 9.17) is 14.2 Å². The summed E-state index contributed by atoms with van der Waals surface area (Å²) >= 11 is 0. The molecule has 1 heterocycles. The van der Waals surface area contributed by atoms with E-state index in [-0.39, 0.29) is 12.4 Å². The largest absolute Gasteiger partial charge is 0.473 e. The van der Waals surface area contributed by atoms with Gasteiger partial charge in [0.15, 0.2) is 0 Å². The van der Waals surface area contributed by atoms with Crippen LogP contribution >= 0.6 is 0 Å². The van der Waals surface area contributed by atoms with Gasteiger partial charge in [0.05, 0.1) is 19.5 Å². The highest BCUT2D eigenvalue weighted by Crippen LogP contribution is 2.12. The number of hydrogen-bond acceptors (Lipinski definition) is 3. The Kier molecular flexibility index (Phi) is 5.33. The average molecular weight is 198 g/mol. The molecule has 0 saturated carbocycles. The molecule has 1 saturated heterocycles. The Bertz CT molecular complexity index is 181. The van der Waals surface area contributed by atoms with Gasteiger partial charge < -0.3 is 14.2 Å². The third-order valence-corrected chi connectivity index (χ3v) is 1.80. The maximum Gasteiger partial charge on any atom is 0.202 e. The van der Waals surface area contributed by atoms with Crippen molar-refractivity contribution < 1.29 is 14.2 Å². The molecule has 0 aromatic heterocycles. The summed E-state index contributed by atoms with van der Waals surface area (Å²) < 4.78 is 15.9. The summed E-state index contributed by atoms with van der Waals surface area (Å²) in [7, 11) is 0. The summed E-state index contributed by atoms with van der Waals surface area (Å²) in [6.07, 6.45) is 8.39. The van der Waals surface area contributed by atoms with Crippen molar-refractivity contribution in [3.8, 4) is 0 Å². The molecular weight excluding hydrogens is 180 g/mol. The fourth-order valence-corrected chi connectivity index (χ4v) is 0.955. The van der Waals surface area contributed by atoms with E-state index in [0.717, 1.165) is 13.0 Å². The Hall–Kier alpha value is -0.800. The highest BCUT2D eigenvalue weighted by Gasteiger charge is 2.24. The van der Waals surface area contributed by atoms with Gasteiger partial charge in [-0.1, -0.05) is 18.2 Å². The SMILES string of the molecule is C/C=C/CC(O/C=C/C)OCC1CO1. The zero-order valence-corrected chi connectivity index (χ0v) is 8.81. The Morgan fingerprint density at radius 3 is 2.79 bits per heavy atom. The minimum absolute atomic E-state index is 0.188. The van der Waals surface area contributed by atoms with Crippen LogP contribution in [0.15, 0.2) is 24.5 Å². The predicted molar refractivity (Wildman–Crippen MR) is 54.8 cm³/mol. The van der Waals surface area contributed by atoms with Gasteiger partial charge in [-0.2, -0.15) is 0 Å². The average Bonchev–Trinajstić information content (AvgIpc) is 3.00. The van der Waals surface area contributed by atoms with Gasteiger partial charge in [0.2, 0.25) is 6.29 Å². The number of epoxide rings is 1. The van der Waals surface area contributed by atoms with E-state index in [1.54, 1.807) is 6.26 Å². The van der Waals surface area contributed by atoms with E-state index in [0.29, 0.717) is 6.61 Å². The lowest BCUT2D eigenvalue weighted by Gasteiger charge is -2.14. The molecule has 1 fully saturated rings. The monoisotopic (exact) mass is 198 g/mol. The van der Waals surface area contributed by atoms with E-state index in [1.165, 1.54) is 0 Å². The van der Waals surface area contributed by atoms with Crippen LogP contribution in [0.1, 0.15) is 20.3 Å². The second-order valence-electron chi connectivity index (χ2n) is 3.13. The quantitative estimate of drug-likeness (QED) is 0.272. The third kappa shape index (κ3) is 5.04. The first-order chi connectivity index (χ1) is 6.86. The highest BCUT2D eigenvalue weighted by atomic mass is 16.7. The van der Waals surface area contributed by atoms with Crippen molar-refractivity contribution in [1.29, 1.82) is 0 Å². The van der Waals surface area contributed by atoms with Crippen molar-refractivity contribution in [1.82, 2.24) is 0 Å². The molecule has 80 valence electrons. The normalized spacial score (nSPS) is 23.1. The molecule has 0 bridgehead atoms. The Labute approximate surface area is 85.3 Å². The van der Waals surface area contributed by atoms with Gasteiger partial charge >= 0.3 is 0 Å². The fraction of sp³-hybridized carbons (Fsp3) is 0.636. The molecule has 2 unspecified atom stereocenters. The third-order valence-electron chi connectivity index (χ3n) is 1.80. The zero-order valence-electron chi connectivity index (χ0n) is 8.81. The van der Waals surface area contributed by atoms with Crippen LogP contribution in [-0.2, 0) is 14.2 Å². The lowest BCUT2D eigenvalue weighted by molar-refractivity contribution is -0.107. The molecule has 0 N–H and O–H groups in total. The molecule has 14 heavy (non-hydrogen) atoms. The van der Waals surface area contributed by atoms with E-state index in [9.17, 15) is 0 Å². The summed E-state index contributed by atoms with van der Waals surface area (Å²) in [4.78, 5) is 0. The molecule has 2 atom stereocenters. The zero-order chi connectivity index (χ0) is 10.2. The maximum atomic E-state index is 5.52. The van der Waals surface area contributed by atoms with Crippen molar-refractivity contribution in [2.45, 2.75) is 32.7 Å². The van der Waals surface area contributed by atoms with Crippen LogP contribution in [0.2, 0.25) is 0 Å². The summed E-state index contributed by atoms with van der Waals surface area (Å²) in [5.74, 6) is 0. The van der Waals surface area contributed by atoms with Crippen molar-refractivity contribution in [2.75, 3.05) is 13.2 Å². The molecule has 0 aromatic carbocycles. The molecule has 3 heteroatoms. The highest BCUT2D eigenvalue weighted by molar-refractivity contribution is 4.80. The second-order valence-corrected chi connectivity index (χ2v) is 3.13. The molecule has 0 aliphatic carbocycles. The number of hydrogen-bond donors (Lipinski definition) is 0. The van der Waals surface area contributed by atoms with E-state index in [1.807, 2.05) is 32.1 Å². The lowest BCUT2D eigenvalue weighted by Crippen LogP contribution is -2.17. The predicted octanol–water partition coefficient (Wildman–Crippen LogP) is 2.24. The molecular formula is C11H18O3. The molecule has 0 aromatic rings. The van der Waals surface area contributed by atoms with Gasteiger partial charge in [-0.25, -0.2) is 0 Å². The molecule has 0 spiro atoms.